The highest BCUT2D eigenvalue weighted by atomic mass is 16.5. The lowest BCUT2D eigenvalue weighted by Gasteiger charge is -2.32. The molecule has 0 aliphatic carbocycles. The van der Waals surface area contributed by atoms with Gasteiger partial charge in [-0.2, -0.15) is 0 Å². The molecule has 0 bridgehead atoms. The average Bonchev–Trinajstić information content (AvgIpc) is 2.73. The summed E-state index contributed by atoms with van der Waals surface area (Å²) in [6, 6.07) is 5.67. The van der Waals surface area contributed by atoms with E-state index in [4.69, 9.17) is 9.47 Å². The Morgan fingerprint density at radius 1 is 1.10 bits per heavy atom. The number of carbonyl (C=O) groups excluding carboxylic acids is 4. The van der Waals surface area contributed by atoms with Gasteiger partial charge in [-0.25, -0.2) is 9.69 Å². The molecule has 9 nitrogen and oxygen atoms in total. The highest BCUT2D eigenvalue weighted by Gasteiger charge is 2.37. The normalized spacial score (nSPS) is 19.1. The monoisotopic (exact) mass is 415 g/mol. The zero-order valence-corrected chi connectivity index (χ0v) is 17.1. The summed E-state index contributed by atoms with van der Waals surface area (Å²) in [5.74, 6) is -1.22. The van der Waals surface area contributed by atoms with E-state index < -0.39 is 17.8 Å². The Balaban J connectivity index is 1.73. The first-order valence-corrected chi connectivity index (χ1v) is 9.99. The fourth-order valence-electron chi connectivity index (χ4n) is 3.44. The number of anilines is 1. The number of esters is 1. The van der Waals surface area contributed by atoms with E-state index in [-0.39, 0.29) is 17.5 Å². The average molecular weight is 415 g/mol. The number of barbiturate groups is 1. The molecule has 2 heterocycles. The minimum atomic E-state index is -0.799. The predicted molar refractivity (Wildman–Crippen MR) is 108 cm³/mol. The van der Waals surface area contributed by atoms with Crippen molar-refractivity contribution in [2.24, 2.45) is 5.92 Å². The van der Waals surface area contributed by atoms with Crippen LogP contribution in [0.2, 0.25) is 0 Å². The van der Waals surface area contributed by atoms with Crippen LogP contribution in [0.3, 0.4) is 0 Å². The number of likely N-dealkylation sites (tertiary alicyclic amines) is 1. The number of benzene rings is 1. The molecule has 2 aliphatic heterocycles. The van der Waals surface area contributed by atoms with Crippen LogP contribution in [0.5, 0.6) is 5.75 Å². The van der Waals surface area contributed by atoms with E-state index in [1.54, 1.807) is 31.2 Å². The summed E-state index contributed by atoms with van der Waals surface area (Å²) in [7, 11) is 0. The SMILES string of the molecule is CCOC(=O)C1CCN(/C=C2\C(=O)NC(=O)N(c3ccc(OCC)cc3)C2=O)CC1. The highest BCUT2D eigenvalue weighted by Crippen LogP contribution is 2.25. The van der Waals surface area contributed by atoms with Crippen molar-refractivity contribution in [1.29, 1.82) is 0 Å². The maximum Gasteiger partial charge on any atom is 0.335 e. The zero-order chi connectivity index (χ0) is 21.7. The van der Waals surface area contributed by atoms with Crippen molar-refractivity contribution < 1.29 is 28.7 Å². The Morgan fingerprint density at radius 2 is 1.77 bits per heavy atom. The van der Waals surface area contributed by atoms with E-state index in [1.807, 2.05) is 11.8 Å². The van der Waals surface area contributed by atoms with Gasteiger partial charge >= 0.3 is 12.0 Å². The maximum atomic E-state index is 12.9. The van der Waals surface area contributed by atoms with Crippen molar-refractivity contribution >= 4 is 29.5 Å². The second kappa shape index (κ2) is 9.43. The summed E-state index contributed by atoms with van der Waals surface area (Å²) in [6.45, 7) is 5.47. The van der Waals surface area contributed by atoms with Crippen LogP contribution in [0.1, 0.15) is 26.7 Å². The summed E-state index contributed by atoms with van der Waals surface area (Å²) in [4.78, 5) is 52.1. The number of nitrogens with one attached hydrogen (secondary N) is 1. The van der Waals surface area contributed by atoms with Gasteiger partial charge in [0.15, 0.2) is 0 Å². The minimum Gasteiger partial charge on any atom is -0.494 e. The quantitative estimate of drug-likeness (QED) is 0.429. The number of hydrogen-bond acceptors (Lipinski definition) is 7. The van der Waals surface area contributed by atoms with Crippen molar-refractivity contribution in [3.8, 4) is 5.75 Å². The highest BCUT2D eigenvalue weighted by molar-refractivity contribution is 6.37. The lowest BCUT2D eigenvalue weighted by atomic mass is 9.97. The number of rotatable bonds is 6. The van der Waals surface area contributed by atoms with Gasteiger partial charge in [-0.3, -0.25) is 19.7 Å². The van der Waals surface area contributed by atoms with Crippen LogP contribution in [0.15, 0.2) is 36.0 Å². The van der Waals surface area contributed by atoms with Gasteiger partial charge in [0.2, 0.25) is 0 Å². The molecule has 0 aromatic heterocycles. The summed E-state index contributed by atoms with van der Waals surface area (Å²) < 4.78 is 10.4. The van der Waals surface area contributed by atoms with Crippen LogP contribution in [0, 0.1) is 5.92 Å². The molecule has 2 saturated heterocycles. The molecule has 0 unspecified atom stereocenters. The standard InChI is InChI=1S/C21H25N3O6/c1-3-29-16-7-5-15(6-8-16)24-19(26)17(18(25)22-21(24)28)13-23-11-9-14(10-12-23)20(27)30-4-2/h5-8,13-14H,3-4,9-12H2,1-2H3,(H,22,25,28)/b17-13+. The molecule has 0 saturated carbocycles. The van der Waals surface area contributed by atoms with E-state index in [9.17, 15) is 19.2 Å². The second-order valence-electron chi connectivity index (χ2n) is 6.93. The Kier molecular flexibility index (Phi) is 6.71. The number of nitrogens with zero attached hydrogens (tertiary/aromatic N) is 2. The number of amides is 4. The number of urea groups is 1. The Hall–Kier alpha value is -3.36. The van der Waals surface area contributed by atoms with Crippen LogP contribution in [-0.4, -0.2) is 55.0 Å². The third-order valence-corrected chi connectivity index (χ3v) is 4.97. The number of carbonyl (C=O) groups is 4. The number of piperidine rings is 1. The van der Waals surface area contributed by atoms with Crippen LogP contribution in [0.4, 0.5) is 10.5 Å². The van der Waals surface area contributed by atoms with E-state index in [0.717, 1.165) is 4.90 Å². The maximum absolute atomic E-state index is 12.9. The molecular weight excluding hydrogens is 390 g/mol. The molecule has 1 N–H and O–H groups in total. The molecule has 30 heavy (non-hydrogen) atoms. The first-order valence-electron chi connectivity index (χ1n) is 9.99. The molecule has 1 aromatic carbocycles. The summed E-state index contributed by atoms with van der Waals surface area (Å²) in [6.07, 6.45) is 2.60. The van der Waals surface area contributed by atoms with Crippen molar-refractivity contribution in [2.75, 3.05) is 31.2 Å². The van der Waals surface area contributed by atoms with Gasteiger partial charge in [-0.15, -0.1) is 0 Å². The summed E-state index contributed by atoms with van der Waals surface area (Å²) in [5.41, 5.74) is 0.207. The number of imide groups is 2. The summed E-state index contributed by atoms with van der Waals surface area (Å²) >= 11 is 0. The second-order valence-corrected chi connectivity index (χ2v) is 6.93. The molecule has 2 aliphatic rings. The van der Waals surface area contributed by atoms with Crippen molar-refractivity contribution in [3.05, 3.63) is 36.0 Å². The molecular formula is C21H25N3O6. The Morgan fingerprint density at radius 3 is 2.37 bits per heavy atom. The fraction of sp³-hybridized carbons (Fsp3) is 0.429. The smallest absolute Gasteiger partial charge is 0.335 e. The molecule has 160 valence electrons. The largest absolute Gasteiger partial charge is 0.494 e. The van der Waals surface area contributed by atoms with Gasteiger partial charge in [0, 0.05) is 19.3 Å². The van der Waals surface area contributed by atoms with Gasteiger partial charge in [0.1, 0.15) is 11.3 Å². The van der Waals surface area contributed by atoms with Crippen LogP contribution >= 0.6 is 0 Å². The zero-order valence-electron chi connectivity index (χ0n) is 17.1. The topological polar surface area (TPSA) is 105 Å². The molecule has 2 fully saturated rings. The summed E-state index contributed by atoms with van der Waals surface area (Å²) in [5, 5.41) is 2.21. The van der Waals surface area contributed by atoms with Crippen molar-refractivity contribution in [1.82, 2.24) is 10.2 Å². The lowest BCUT2D eigenvalue weighted by molar-refractivity contribution is -0.149. The predicted octanol–water partition coefficient (Wildman–Crippen LogP) is 1.83. The first kappa shape index (κ1) is 21.4. The molecule has 9 heteroatoms. The van der Waals surface area contributed by atoms with E-state index in [0.29, 0.717) is 50.6 Å². The van der Waals surface area contributed by atoms with Gasteiger partial charge in [-0.1, -0.05) is 0 Å². The van der Waals surface area contributed by atoms with Crippen LogP contribution in [-0.2, 0) is 19.1 Å². The van der Waals surface area contributed by atoms with Gasteiger partial charge in [-0.05, 0) is 51.0 Å². The van der Waals surface area contributed by atoms with Crippen LogP contribution < -0.4 is 15.0 Å². The van der Waals surface area contributed by atoms with E-state index in [2.05, 4.69) is 5.32 Å². The molecule has 4 amide bonds. The lowest BCUT2D eigenvalue weighted by Crippen LogP contribution is -2.55. The molecule has 0 spiro atoms. The number of hydrogen-bond donors (Lipinski definition) is 1. The molecule has 1 aromatic rings. The minimum absolute atomic E-state index is 0.127. The van der Waals surface area contributed by atoms with Gasteiger partial charge in [0.25, 0.3) is 11.8 Å². The van der Waals surface area contributed by atoms with Crippen molar-refractivity contribution in [3.63, 3.8) is 0 Å². The fourth-order valence-corrected chi connectivity index (χ4v) is 3.44. The number of ether oxygens (including phenoxy) is 2. The van der Waals surface area contributed by atoms with E-state index in [1.165, 1.54) is 6.20 Å². The third kappa shape index (κ3) is 4.61. The Labute approximate surface area is 174 Å². The molecule has 3 rings (SSSR count). The van der Waals surface area contributed by atoms with E-state index >= 15 is 0 Å². The van der Waals surface area contributed by atoms with Crippen LogP contribution in [0.25, 0.3) is 0 Å². The Bertz CT molecular complexity index is 856. The first-order chi connectivity index (χ1) is 14.4. The molecule has 0 radical (unpaired) electrons. The van der Waals surface area contributed by atoms with Gasteiger partial charge in [0.05, 0.1) is 24.8 Å². The third-order valence-electron chi connectivity index (χ3n) is 4.97. The van der Waals surface area contributed by atoms with Crippen molar-refractivity contribution in [2.45, 2.75) is 26.7 Å². The van der Waals surface area contributed by atoms with Gasteiger partial charge < -0.3 is 14.4 Å². The molecule has 0 atom stereocenters.